The highest BCUT2D eigenvalue weighted by atomic mass is 32.2. The van der Waals surface area contributed by atoms with Crippen molar-refractivity contribution in [3.8, 4) is 11.4 Å². The number of nitrogens with zero attached hydrogens (tertiary/aromatic N) is 3. The third-order valence-corrected chi connectivity index (χ3v) is 5.67. The van der Waals surface area contributed by atoms with Crippen molar-refractivity contribution in [3.63, 3.8) is 0 Å². The highest BCUT2D eigenvalue weighted by molar-refractivity contribution is 7.98. The maximum absolute atomic E-state index is 4.48. The Balaban J connectivity index is 1.64. The van der Waals surface area contributed by atoms with Gasteiger partial charge in [-0.2, -0.15) is 0 Å². The molecule has 0 aliphatic rings. The lowest BCUT2D eigenvalue weighted by atomic mass is 10.1. The molecule has 3 nitrogen and oxygen atoms in total. The van der Waals surface area contributed by atoms with Crippen molar-refractivity contribution >= 4 is 22.5 Å². The SMILES string of the molecule is CCn1c(SCc2cccc3ccccc23)nnc1-c1ccccc1C. The summed E-state index contributed by atoms with van der Waals surface area (Å²) in [6.45, 7) is 5.12. The first kappa shape index (κ1) is 16.9. The summed E-state index contributed by atoms with van der Waals surface area (Å²) >= 11 is 1.75. The van der Waals surface area contributed by atoms with Crippen LogP contribution < -0.4 is 0 Å². The van der Waals surface area contributed by atoms with E-state index in [-0.39, 0.29) is 0 Å². The second-order valence-corrected chi connectivity index (χ2v) is 7.23. The van der Waals surface area contributed by atoms with Crippen LogP contribution in [0, 0.1) is 6.92 Å². The molecule has 0 spiro atoms. The fourth-order valence-corrected chi connectivity index (χ4v) is 4.27. The van der Waals surface area contributed by atoms with Crippen molar-refractivity contribution in [2.75, 3.05) is 0 Å². The van der Waals surface area contributed by atoms with Crippen LogP contribution >= 0.6 is 11.8 Å². The van der Waals surface area contributed by atoms with Crippen LogP contribution in [0.15, 0.2) is 71.9 Å². The molecule has 130 valence electrons. The molecule has 4 rings (SSSR count). The smallest absolute Gasteiger partial charge is 0.191 e. The van der Waals surface area contributed by atoms with Crippen molar-refractivity contribution < 1.29 is 0 Å². The zero-order chi connectivity index (χ0) is 17.9. The average Bonchev–Trinajstić information content (AvgIpc) is 3.09. The van der Waals surface area contributed by atoms with E-state index in [0.29, 0.717) is 0 Å². The number of thioether (sulfide) groups is 1. The Kier molecular flexibility index (Phi) is 4.76. The van der Waals surface area contributed by atoms with Crippen molar-refractivity contribution in [2.45, 2.75) is 31.3 Å². The standard InChI is InChI=1S/C22H21N3S/c1-3-25-21(19-13-6-4-9-16(19)2)23-24-22(25)26-15-18-12-8-11-17-10-5-7-14-20(17)18/h4-14H,3,15H2,1-2H3. The monoisotopic (exact) mass is 359 g/mol. The molecule has 0 fully saturated rings. The first-order valence-corrected chi connectivity index (χ1v) is 9.85. The van der Waals surface area contributed by atoms with Crippen LogP contribution in [0.4, 0.5) is 0 Å². The van der Waals surface area contributed by atoms with Gasteiger partial charge in [0.15, 0.2) is 11.0 Å². The Morgan fingerprint density at radius 2 is 1.65 bits per heavy atom. The summed E-state index contributed by atoms with van der Waals surface area (Å²) in [5.74, 6) is 1.83. The van der Waals surface area contributed by atoms with Crippen LogP contribution in [0.2, 0.25) is 0 Å². The second kappa shape index (κ2) is 7.34. The van der Waals surface area contributed by atoms with Crippen molar-refractivity contribution in [1.82, 2.24) is 14.8 Å². The maximum atomic E-state index is 4.48. The molecule has 0 amide bonds. The summed E-state index contributed by atoms with van der Waals surface area (Å²) in [5.41, 5.74) is 3.70. The highest BCUT2D eigenvalue weighted by Crippen LogP contribution is 2.30. The van der Waals surface area contributed by atoms with Gasteiger partial charge in [0.1, 0.15) is 0 Å². The van der Waals surface area contributed by atoms with Gasteiger partial charge >= 0.3 is 0 Å². The van der Waals surface area contributed by atoms with E-state index >= 15 is 0 Å². The molecule has 0 unspecified atom stereocenters. The van der Waals surface area contributed by atoms with E-state index in [9.17, 15) is 0 Å². The van der Waals surface area contributed by atoms with E-state index in [2.05, 4.69) is 95.3 Å². The summed E-state index contributed by atoms with van der Waals surface area (Å²) in [6, 6.07) is 23.4. The minimum Gasteiger partial charge on any atom is -0.302 e. The maximum Gasteiger partial charge on any atom is 0.191 e. The highest BCUT2D eigenvalue weighted by Gasteiger charge is 2.15. The fourth-order valence-electron chi connectivity index (χ4n) is 3.26. The van der Waals surface area contributed by atoms with Gasteiger partial charge in [-0.05, 0) is 35.7 Å². The molecule has 4 aromatic rings. The van der Waals surface area contributed by atoms with Gasteiger partial charge in [0.05, 0.1) is 0 Å². The van der Waals surface area contributed by atoms with Gasteiger partial charge in [-0.25, -0.2) is 0 Å². The van der Waals surface area contributed by atoms with Gasteiger partial charge < -0.3 is 4.57 Å². The Morgan fingerprint density at radius 1 is 0.885 bits per heavy atom. The first-order valence-electron chi connectivity index (χ1n) is 8.86. The summed E-state index contributed by atoms with van der Waals surface area (Å²) in [7, 11) is 0. The molecule has 1 heterocycles. The van der Waals surface area contributed by atoms with E-state index < -0.39 is 0 Å². The van der Waals surface area contributed by atoms with E-state index in [4.69, 9.17) is 0 Å². The molecule has 1 aromatic heterocycles. The van der Waals surface area contributed by atoms with E-state index in [0.717, 1.165) is 28.8 Å². The largest absolute Gasteiger partial charge is 0.302 e. The quantitative estimate of drug-likeness (QED) is 0.427. The van der Waals surface area contributed by atoms with Crippen LogP contribution in [-0.2, 0) is 12.3 Å². The third kappa shape index (κ3) is 3.13. The first-order chi connectivity index (χ1) is 12.8. The molecule has 0 atom stereocenters. The summed E-state index contributed by atoms with van der Waals surface area (Å²) in [4.78, 5) is 0. The van der Waals surface area contributed by atoms with Gasteiger partial charge in [-0.15, -0.1) is 10.2 Å². The lowest BCUT2D eigenvalue weighted by Crippen LogP contribution is -2.00. The Bertz CT molecular complexity index is 1050. The normalized spacial score (nSPS) is 11.2. The molecule has 0 aliphatic carbocycles. The Labute approximate surface area is 158 Å². The number of fused-ring (bicyclic) bond motifs is 1. The summed E-state index contributed by atoms with van der Waals surface area (Å²) in [5, 5.41) is 12.5. The molecule has 4 heteroatoms. The lowest BCUT2D eigenvalue weighted by Gasteiger charge is -2.10. The molecule has 0 radical (unpaired) electrons. The molecule has 0 N–H and O–H groups in total. The second-order valence-electron chi connectivity index (χ2n) is 6.29. The fraction of sp³-hybridized carbons (Fsp3) is 0.182. The number of aryl methyl sites for hydroxylation is 1. The Hall–Kier alpha value is -2.59. The molecule has 0 bridgehead atoms. The van der Waals surface area contributed by atoms with Crippen LogP contribution in [0.1, 0.15) is 18.1 Å². The predicted octanol–water partition coefficient (Wildman–Crippen LogP) is 5.72. The van der Waals surface area contributed by atoms with Crippen molar-refractivity contribution in [3.05, 3.63) is 77.9 Å². The number of rotatable bonds is 5. The molecule has 0 saturated carbocycles. The molecule has 0 aliphatic heterocycles. The minimum absolute atomic E-state index is 0.856. The van der Waals surface area contributed by atoms with Gasteiger partial charge in [0, 0.05) is 17.9 Å². The zero-order valence-electron chi connectivity index (χ0n) is 15.0. The lowest BCUT2D eigenvalue weighted by molar-refractivity contribution is 0.687. The predicted molar refractivity (Wildman–Crippen MR) is 109 cm³/mol. The minimum atomic E-state index is 0.856. The Morgan fingerprint density at radius 3 is 2.50 bits per heavy atom. The molecule has 26 heavy (non-hydrogen) atoms. The molecular weight excluding hydrogens is 338 g/mol. The summed E-state index contributed by atoms with van der Waals surface area (Å²) < 4.78 is 2.21. The summed E-state index contributed by atoms with van der Waals surface area (Å²) in [6.07, 6.45) is 0. The van der Waals surface area contributed by atoms with Gasteiger partial charge in [0.25, 0.3) is 0 Å². The topological polar surface area (TPSA) is 30.7 Å². The van der Waals surface area contributed by atoms with Gasteiger partial charge in [-0.1, -0.05) is 78.5 Å². The van der Waals surface area contributed by atoms with Crippen LogP contribution in [0.5, 0.6) is 0 Å². The average molecular weight is 359 g/mol. The number of aromatic nitrogens is 3. The number of hydrogen-bond donors (Lipinski definition) is 0. The molecule has 3 aromatic carbocycles. The van der Waals surface area contributed by atoms with Crippen LogP contribution in [0.3, 0.4) is 0 Å². The van der Waals surface area contributed by atoms with Crippen LogP contribution in [-0.4, -0.2) is 14.8 Å². The van der Waals surface area contributed by atoms with Crippen molar-refractivity contribution in [1.29, 1.82) is 0 Å². The van der Waals surface area contributed by atoms with E-state index in [1.807, 2.05) is 0 Å². The third-order valence-electron chi connectivity index (χ3n) is 4.66. The van der Waals surface area contributed by atoms with Crippen LogP contribution in [0.25, 0.3) is 22.2 Å². The van der Waals surface area contributed by atoms with Gasteiger partial charge in [0.2, 0.25) is 0 Å². The number of benzene rings is 3. The van der Waals surface area contributed by atoms with E-state index in [1.54, 1.807) is 11.8 Å². The number of hydrogen-bond acceptors (Lipinski definition) is 3. The zero-order valence-corrected chi connectivity index (χ0v) is 15.8. The molecular formula is C22H21N3S. The van der Waals surface area contributed by atoms with E-state index in [1.165, 1.54) is 21.9 Å². The molecule has 0 saturated heterocycles. The van der Waals surface area contributed by atoms with Gasteiger partial charge in [-0.3, -0.25) is 0 Å². The van der Waals surface area contributed by atoms with Crippen molar-refractivity contribution in [2.24, 2.45) is 0 Å².